The lowest BCUT2D eigenvalue weighted by atomic mass is 10.1. The van der Waals surface area contributed by atoms with Gasteiger partial charge in [0.15, 0.2) is 9.84 Å². The van der Waals surface area contributed by atoms with E-state index in [-0.39, 0.29) is 23.5 Å². The molecule has 0 spiro atoms. The molecule has 0 aromatic carbocycles. The van der Waals surface area contributed by atoms with Gasteiger partial charge in [-0.15, -0.1) is 11.3 Å². The van der Waals surface area contributed by atoms with Gasteiger partial charge >= 0.3 is 0 Å². The van der Waals surface area contributed by atoms with Crippen LogP contribution in [-0.4, -0.2) is 43.3 Å². The van der Waals surface area contributed by atoms with Crippen LogP contribution in [0.5, 0.6) is 0 Å². The lowest BCUT2D eigenvalue weighted by Crippen LogP contribution is -2.41. The molecule has 0 N–H and O–H groups in total. The van der Waals surface area contributed by atoms with E-state index < -0.39 is 9.84 Å². The highest BCUT2D eigenvalue weighted by molar-refractivity contribution is 7.91. The molecule has 0 aliphatic carbocycles. The number of aryl methyl sites for hydroxylation is 2. The third kappa shape index (κ3) is 4.60. The minimum atomic E-state index is -2.99. The zero-order valence-electron chi connectivity index (χ0n) is 15.0. The van der Waals surface area contributed by atoms with Gasteiger partial charge in [0.05, 0.1) is 16.4 Å². The van der Waals surface area contributed by atoms with Crippen molar-refractivity contribution in [3.63, 3.8) is 0 Å². The number of hydrogen-bond donors (Lipinski definition) is 0. The molecule has 1 unspecified atom stereocenters. The monoisotopic (exact) mass is 371 g/mol. The summed E-state index contributed by atoms with van der Waals surface area (Å²) in [7, 11) is -2.99. The Balaban J connectivity index is 2.24. The molecular weight excluding hydrogens is 342 g/mol. The van der Waals surface area contributed by atoms with Gasteiger partial charge in [0.1, 0.15) is 0 Å². The molecule has 2 heterocycles. The number of carbonyl (C=O) groups is 1. The van der Waals surface area contributed by atoms with Gasteiger partial charge in [0, 0.05) is 17.5 Å². The number of thiophene rings is 1. The van der Waals surface area contributed by atoms with E-state index in [1.807, 2.05) is 11.0 Å². The zero-order chi connectivity index (χ0) is 17.7. The molecule has 2 rings (SSSR count). The van der Waals surface area contributed by atoms with Gasteiger partial charge in [-0.2, -0.15) is 0 Å². The Morgan fingerprint density at radius 2 is 2.04 bits per heavy atom. The van der Waals surface area contributed by atoms with Gasteiger partial charge in [0.25, 0.3) is 5.91 Å². The van der Waals surface area contributed by atoms with E-state index in [1.165, 1.54) is 10.4 Å². The third-order valence-electron chi connectivity index (χ3n) is 4.63. The van der Waals surface area contributed by atoms with E-state index >= 15 is 0 Å². The summed E-state index contributed by atoms with van der Waals surface area (Å²) in [6.07, 6.45) is 5.50. The molecule has 1 aliphatic heterocycles. The molecule has 4 nitrogen and oxygen atoms in total. The van der Waals surface area contributed by atoms with Crippen molar-refractivity contribution in [2.45, 2.75) is 65.3 Å². The maximum Gasteiger partial charge on any atom is 0.264 e. The van der Waals surface area contributed by atoms with Gasteiger partial charge < -0.3 is 4.90 Å². The molecule has 1 amide bonds. The average molecular weight is 372 g/mol. The topological polar surface area (TPSA) is 54.5 Å². The first kappa shape index (κ1) is 19.4. The number of rotatable bonds is 8. The molecule has 1 aliphatic rings. The second-order valence-corrected chi connectivity index (χ2v) is 9.94. The SMILES string of the molecule is CCCCN(C(=O)c1cc(CC)c(CCC)s1)C1CCS(=O)(=O)C1. The quantitative estimate of drug-likeness (QED) is 0.700. The Morgan fingerprint density at radius 1 is 1.29 bits per heavy atom. The van der Waals surface area contributed by atoms with E-state index in [4.69, 9.17) is 0 Å². The molecule has 0 radical (unpaired) electrons. The first-order valence-corrected chi connectivity index (χ1v) is 11.7. The minimum Gasteiger partial charge on any atom is -0.334 e. The minimum absolute atomic E-state index is 0.0209. The van der Waals surface area contributed by atoms with E-state index in [9.17, 15) is 13.2 Å². The largest absolute Gasteiger partial charge is 0.334 e. The van der Waals surface area contributed by atoms with Crippen molar-refractivity contribution in [1.82, 2.24) is 4.90 Å². The molecule has 24 heavy (non-hydrogen) atoms. The fourth-order valence-electron chi connectivity index (χ4n) is 3.25. The van der Waals surface area contributed by atoms with Crippen LogP contribution in [0, 0.1) is 0 Å². The fourth-order valence-corrected chi connectivity index (χ4v) is 6.29. The summed E-state index contributed by atoms with van der Waals surface area (Å²) in [5, 5.41) is 0. The lowest BCUT2D eigenvalue weighted by molar-refractivity contribution is 0.0699. The molecule has 6 heteroatoms. The number of unbranched alkanes of at least 4 members (excludes halogenated alkanes) is 1. The standard InChI is InChI=1S/C18H29NO3S2/c1-4-7-10-19(15-9-11-24(21,22)13-15)18(20)17-12-14(6-3)16(23-17)8-5-2/h12,15H,4-11,13H2,1-3H3. The van der Waals surface area contributed by atoms with Gasteiger partial charge in [0.2, 0.25) is 0 Å². The van der Waals surface area contributed by atoms with Crippen LogP contribution in [0.25, 0.3) is 0 Å². The van der Waals surface area contributed by atoms with Gasteiger partial charge in [-0.1, -0.05) is 33.6 Å². The molecular formula is C18H29NO3S2. The highest BCUT2D eigenvalue weighted by Gasteiger charge is 2.35. The maximum atomic E-state index is 13.1. The first-order valence-electron chi connectivity index (χ1n) is 9.04. The van der Waals surface area contributed by atoms with E-state index in [1.54, 1.807) is 11.3 Å². The number of amides is 1. The highest BCUT2D eigenvalue weighted by Crippen LogP contribution is 2.28. The van der Waals surface area contributed by atoms with Crippen LogP contribution in [0.4, 0.5) is 0 Å². The molecule has 1 aromatic heterocycles. The van der Waals surface area contributed by atoms with Crippen LogP contribution in [0.2, 0.25) is 0 Å². The summed E-state index contributed by atoms with van der Waals surface area (Å²) in [6, 6.07) is 1.87. The zero-order valence-corrected chi connectivity index (χ0v) is 16.6. The maximum absolute atomic E-state index is 13.1. The Morgan fingerprint density at radius 3 is 2.58 bits per heavy atom. The van der Waals surface area contributed by atoms with Crippen molar-refractivity contribution in [2.75, 3.05) is 18.1 Å². The molecule has 1 fully saturated rings. The number of hydrogen-bond acceptors (Lipinski definition) is 4. The Hall–Kier alpha value is -0.880. The second kappa shape index (κ2) is 8.48. The predicted octanol–water partition coefficient (Wildman–Crippen LogP) is 3.69. The smallest absolute Gasteiger partial charge is 0.264 e. The van der Waals surface area contributed by atoms with Crippen molar-refractivity contribution in [3.05, 3.63) is 21.4 Å². The molecule has 1 saturated heterocycles. The third-order valence-corrected chi connectivity index (χ3v) is 7.60. The predicted molar refractivity (Wildman–Crippen MR) is 101 cm³/mol. The molecule has 1 aromatic rings. The van der Waals surface area contributed by atoms with Crippen LogP contribution < -0.4 is 0 Å². The van der Waals surface area contributed by atoms with Gasteiger partial charge in [-0.05, 0) is 37.3 Å². The van der Waals surface area contributed by atoms with Gasteiger partial charge in [-0.25, -0.2) is 8.42 Å². The average Bonchev–Trinajstić information content (AvgIpc) is 3.11. The van der Waals surface area contributed by atoms with E-state index in [2.05, 4.69) is 20.8 Å². The second-order valence-electron chi connectivity index (χ2n) is 6.57. The lowest BCUT2D eigenvalue weighted by Gasteiger charge is -2.27. The summed E-state index contributed by atoms with van der Waals surface area (Å²) in [5.74, 6) is 0.350. The van der Waals surface area contributed by atoms with E-state index in [0.29, 0.717) is 13.0 Å². The summed E-state index contributed by atoms with van der Waals surface area (Å²) in [5.41, 5.74) is 1.26. The summed E-state index contributed by atoms with van der Waals surface area (Å²) >= 11 is 1.60. The summed E-state index contributed by atoms with van der Waals surface area (Å²) < 4.78 is 23.7. The van der Waals surface area contributed by atoms with E-state index in [0.717, 1.165) is 37.0 Å². The first-order chi connectivity index (χ1) is 11.4. The number of nitrogens with zero attached hydrogens (tertiary/aromatic N) is 1. The van der Waals surface area contributed by atoms with Crippen molar-refractivity contribution in [3.8, 4) is 0 Å². The molecule has 0 bridgehead atoms. The van der Waals surface area contributed by atoms with Crippen molar-refractivity contribution >= 4 is 27.1 Å². The number of carbonyl (C=O) groups excluding carboxylic acids is 1. The summed E-state index contributed by atoms with van der Waals surface area (Å²) in [6.45, 7) is 7.01. The van der Waals surface area contributed by atoms with Crippen LogP contribution in [0.3, 0.4) is 0 Å². The Labute approximate surface area is 150 Å². The van der Waals surface area contributed by atoms with Crippen LogP contribution in [0.15, 0.2) is 6.07 Å². The van der Waals surface area contributed by atoms with Crippen molar-refractivity contribution in [2.24, 2.45) is 0 Å². The van der Waals surface area contributed by atoms with Crippen LogP contribution >= 0.6 is 11.3 Å². The highest BCUT2D eigenvalue weighted by atomic mass is 32.2. The fraction of sp³-hybridized carbons (Fsp3) is 0.722. The normalized spacial score (nSPS) is 19.5. The van der Waals surface area contributed by atoms with Crippen molar-refractivity contribution < 1.29 is 13.2 Å². The van der Waals surface area contributed by atoms with Crippen LogP contribution in [0.1, 0.15) is 66.6 Å². The molecule has 136 valence electrons. The Bertz CT molecular complexity index is 664. The molecule has 0 saturated carbocycles. The number of sulfone groups is 1. The Kier molecular flexibility index (Phi) is 6.87. The summed E-state index contributed by atoms with van der Waals surface area (Å²) in [4.78, 5) is 17.0. The van der Waals surface area contributed by atoms with Crippen LogP contribution in [-0.2, 0) is 22.7 Å². The molecule has 1 atom stereocenters. The van der Waals surface area contributed by atoms with Crippen molar-refractivity contribution in [1.29, 1.82) is 0 Å². The van der Waals surface area contributed by atoms with Gasteiger partial charge in [-0.3, -0.25) is 4.79 Å².